The van der Waals surface area contributed by atoms with Crippen molar-refractivity contribution < 1.29 is 14.9 Å². The Bertz CT molecular complexity index is 113. The smallest absolute Gasteiger partial charge is 0.293 e. The Kier molecular flexibility index (Phi) is 2.42. The van der Waals surface area contributed by atoms with E-state index in [1.54, 1.807) is 0 Å². The molecular weight excluding hydrogens is 102 g/mol. The zero-order valence-electron chi connectivity index (χ0n) is 3.11. The number of rotatable bonds is 0. The van der Waals surface area contributed by atoms with E-state index in [1.165, 1.54) is 0 Å². The van der Waals surface area contributed by atoms with Crippen LogP contribution in [0.25, 0.3) is 10.4 Å². The minimum absolute atomic E-state index is 1.36. The molecule has 0 unspecified atom stereocenters. The second kappa shape index (κ2) is 2.95. The third kappa shape index (κ3) is 2.54. The van der Waals surface area contributed by atoms with Crippen molar-refractivity contribution in [1.82, 2.24) is 0 Å². The van der Waals surface area contributed by atoms with E-state index < -0.39 is 6.09 Å². The molecule has 0 atom stereocenters. The minimum Gasteiger partial charge on any atom is -0.293 e. The van der Waals surface area contributed by atoms with Gasteiger partial charge in [0.25, 0.3) is 0 Å². The standard InChI is InChI=1S/CHN3O3/c2-4-3-1(5)7-6/h6H. The highest BCUT2D eigenvalue weighted by atomic mass is 17.1. The third-order valence-electron chi connectivity index (χ3n) is 0.204. The molecule has 6 heteroatoms. The van der Waals surface area contributed by atoms with Gasteiger partial charge in [-0.1, -0.05) is 0 Å². The lowest BCUT2D eigenvalue weighted by Gasteiger charge is -1.77. The van der Waals surface area contributed by atoms with Crippen LogP contribution in [-0.2, 0) is 4.89 Å². The fourth-order valence-corrected chi connectivity index (χ4v) is 0.0548. The molecule has 0 aromatic carbocycles. The first-order valence-electron chi connectivity index (χ1n) is 1.21. The van der Waals surface area contributed by atoms with Gasteiger partial charge >= 0.3 is 6.09 Å². The monoisotopic (exact) mass is 103 g/mol. The molecule has 0 aromatic rings. The van der Waals surface area contributed by atoms with Gasteiger partial charge < -0.3 is 0 Å². The summed E-state index contributed by atoms with van der Waals surface area (Å²) in [6.45, 7) is 0. The van der Waals surface area contributed by atoms with Crippen molar-refractivity contribution in [2.75, 3.05) is 0 Å². The summed E-state index contributed by atoms with van der Waals surface area (Å²) >= 11 is 0. The van der Waals surface area contributed by atoms with Crippen molar-refractivity contribution >= 4 is 6.09 Å². The van der Waals surface area contributed by atoms with Crippen LogP contribution in [0.15, 0.2) is 5.11 Å². The minimum atomic E-state index is -1.36. The van der Waals surface area contributed by atoms with Crippen molar-refractivity contribution in [3.63, 3.8) is 0 Å². The second-order valence-corrected chi connectivity index (χ2v) is 0.547. The number of hydrogen-bond acceptors (Lipinski definition) is 3. The highest BCUT2D eigenvalue weighted by Gasteiger charge is 1.89. The van der Waals surface area contributed by atoms with Crippen LogP contribution in [0.4, 0.5) is 4.79 Å². The Balaban J connectivity index is 3.58. The molecule has 0 saturated heterocycles. The van der Waals surface area contributed by atoms with Crippen molar-refractivity contribution in [1.29, 1.82) is 0 Å². The molecule has 1 N–H and O–H groups in total. The number of carbonyl (C=O) groups is 1. The lowest BCUT2D eigenvalue weighted by molar-refractivity contribution is -0.174. The largest absolute Gasteiger partial charge is 0.430 e. The molecule has 0 spiro atoms. The van der Waals surface area contributed by atoms with Crippen LogP contribution in [0.2, 0.25) is 0 Å². The van der Waals surface area contributed by atoms with Gasteiger partial charge in [-0.25, -0.2) is 4.79 Å². The van der Waals surface area contributed by atoms with Gasteiger partial charge in [0.2, 0.25) is 0 Å². The zero-order chi connectivity index (χ0) is 5.70. The average molecular weight is 103 g/mol. The van der Waals surface area contributed by atoms with Crippen LogP contribution >= 0.6 is 0 Å². The van der Waals surface area contributed by atoms with E-state index in [2.05, 4.69) is 10.0 Å². The summed E-state index contributed by atoms with van der Waals surface area (Å²) in [4.78, 5) is 14.4. The lowest BCUT2D eigenvalue weighted by Crippen LogP contribution is -1.88. The quantitative estimate of drug-likeness (QED) is 0.162. The fourth-order valence-electron chi connectivity index (χ4n) is 0.0548. The molecule has 0 aliphatic carbocycles. The molecule has 0 fully saturated rings. The number of hydrogen-bond donors (Lipinski definition) is 1. The van der Waals surface area contributed by atoms with Gasteiger partial charge in [-0.2, -0.15) is 5.26 Å². The highest BCUT2D eigenvalue weighted by Crippen LogP contribution is 1.76. The molecule has 0 radical (unpaired) electrons. The summed E-state index contributed by atoms with van der Waals surface area (Å²) in [6.07, 6.45) is -1.36. The van der Waals surface area contributed by atoms with E-state index in [0.717, 1.165) is 0 Å². The van der Waals surface area contributed by atoms with Crippen molar-refractivity contribution in [3.8, 4) is 0 Å². The average Bonchev–Trinajstić information content (AvgIpc) is 1.68. The van der Waals surface area contributed by atoms with Crippen LogP contribution in [0.3, 0.4) is 0 Å². The maximum atomic E-state index is 9.52. The summed E-state index contributed by atoms with van der Waals surface area (Å²) in [5.74, 6) is 0. The van der Waals surface area contributed by atoms with Crippen LogP contribution in [-0.4, -0.2) is 11.4 Å². The Morgan fingerprint density at radius 3 is 2.71 bits per heavy atom. The maximum absolute atomic E-state index is 9.52. The van der Waals surface area contributed by atoms with E-state index >= 15 is 0 Å². The first-order chi connectivity index (χ1) is 3.31. The Hall–Kier alpha value is -1.26. The van der Waals surface area contributed by atoms with Gasteiger partial charge in [-0.05, 0) is 5.53 Å². The maximum Gasteiger partial charge on any atom is 0.430 e. The van der Waals surface area contributed by atoms with Gasteiger partial charge in [0.15, 0.2) is 0 Å². The number of amides is 1. The fraction of sp³-hybridized carbons (Fsp3) is 0. The molecule has 38 valence electrons. The molecule has 0 aromatic heterocycles. The Labute approximate surface area is 37.9 Å². The zero-order valence-corrected chi connectivity index (χ0v) is 3.11. The van der Waals surface area contributed by atoms with E-state index in [-0.39, 0.29) is 0 Å². The highest BCUT2D eigenvalue weighted by molar-refractivity contribution is 5.66. The van der Waals surface area contributed by atoms with Gasteiger partial charge in [-0.15, -0.1) is 0 Å². The SMILES string of the molecule is [N-]=[N+]=NC(=O)OO. The van der Waals surface area contributed by atoms with E-state index in [4.69, 9.17) is 10.8 Å². The number of nitrogens with zero attached hydrogens (tertiary/aromatic N) is 3. The second-order valence-electron chi connectivity index (χ2n) is 0.547. The third-order valence-corrected chi connectivity index (χ3v) is 0.204. The van der Waals surface area contributed by atoms with E-state index in [9.17, 15) is 4.79 Å². The topological polar surface area (TPSA) is 95.3 Å². The summed E-state index contributed by atoms with van der Waals surface area (Å²) < 4.78 is 0. The van der Waals surface area contributed by atoms with Crippen LogP contribution < -0.4 is 0 Å². The predicted molar refractivity (Wildman–Crippen MR) is 18.3 cm³/mol. The molecule has 7 heavy (non-hydrogen) atoms. The molecule has 0 saturated carbocycles. The lowest BCUT2D eigenvalue weighted by atomic mass is 11.3. The van der Waals surface area contributed by atoms with Crippen molar-refractivity contribution in [3.05, 3.63) is 10.4 Å². The van der Waals surface area contributed by atoms with Gasteiger partial charge in [0, 0.05) is 10.0 Å². The van der Waals surface area contributed by atoms with E-state index in [0.29, 0.717) is 0 Å². The molecule has 0 aliphatic rings. The van der Waals surface area contributed by atoms with Gasteiger partial charge in [0.05, 0.1) is 0 Å². The molecule has 0 heterocycles. The summed E-state index contributed by atoms with van der Waals surface area (Å²) in [6, 6.07) is 0. The van der Waals surface area contributed by atoms with Gasteiger partial charge in [0.1, 0.15) is 0 Å². The van der Waals surface area contributed by atoms with Crippen molar-refractivity contribution in [2.45, 2.75) is 0 Å². The number of carbonyl (C=O) groups excluding carboxylic acids is 1. The van der Waals surface area contributed by atoms with Crippen molar-refractivity contribution in [2.24, 2.45) is 5.11 Å². The molecule has 1 amide bonds. The summed E-state index contributed by atoms with van der Waals surface area (Å²) in [5.41, 5.74) is 7.41. The molecular formula is CHN3O3. The summed E-state index contributed by atoms with van der Waals surface area (Å²) in [7, 11) is 0. The van der Waals surface area contributed by atoms with Crippen LogP contribution in [0.1, 0.15) is 0 Å². The number of azide groups is 1. The molecule has 0 rings (SSSR count). The first kappa shape index (κ1) is 5.74. The normalized spacial score (nSPS) is 6.43. The summed E-state index contributed by atoms with van der Waals surface area (Å²) in [5, 5.41) is 9.66. The molecule has 0 aliphatic heterocycles. The first-order valence-corrected chi connectivity index (χ1v) is 1.21. The Morgan fingerprint density at radius 1 is 2.00 bits per heavy atom. The van der Waals surface area contributed by atoms with E-state index in [1.807, 2.05) is 4.91 Å². The Morgan fingerprint density at radius 2 is 2.57 bits per heavy atom. The van der Waals surface area contributed by atoms with Crippen LogP contribution in [0.5, 0.6) is 0 Å². The van der Waals surface area contributed by atoms with Gasteiger partial charge in [-0.3, -0.25) is 4.89 Å². The molecule has 0 bridgehead atoms. The molecule has 6 nitrogen and oxygen atoms in total. The van der Waals surface area contributed by atoms with Crippen LogP contribution in [0, 0.1) is 0 Å². The predicted octanol–water partition coefficient (Wildman–Crippen LogP) is 0.906.